The molecule has 27 heavy (non-hydrogen) atoms. The molecule has 1 fully saturated rings. The van der Waals surface area contributed by atoms with E-state index in [2.05, 4.69) is 18.0 Å². The van der Waals surface area contributed by atoms with E-state index < -0.39 is 0 Å². The maximum Gasteiger partial charge on any atom is 0.256 e. The molecule has 1 spiro atoms. The fraction of sp³-hybridized carbons (Fsp3) is 0.273. The third-order valence-electron chi connectivity index (χ3n) is 5.35. The zero-order valence-corrected chi connectivity index (χ0v) is 15.1. The third-order valence-corrected chi connectivity index (χ3v) is 5.35. The second kappa shape index (κ2) is 6.91. The highest BCUT2D eigenvalue weighted by molar-refractivity contribution is 6.06. The van der Waals surface area contributed by atoms with Gasteiger partial charge in [0, 0.05) is 13.0 Å². The second-order valence-corrected chi connectivity index (χ2v) is 7.11. The number of fused-ring (bicyclic) bond motifs is 1. The van der Waals surface area contributed by atoms with Gasteiger partial charge in [-0.3, -0.25) is 9.59 Å². The van der Waals surface area contributed by atoms with Gasteiger partial charge < -0.3 is 15.0 Å². The second-order valence-electron chi connectivity index (χ2n) is 7.11. The Morgan fingerprint density at radius 1 is 1.11 bits per heavy atom. The van der Waals surface area contributed by atoms with Crippen LogP contribution < -0.4 is 10.1 Å². The lowest BCUT2D eigenvalue weighted by Crippen LogP contribution is -2.43. The van der Waals surface area contributed by atoms with Crippen LogP contribution in [0.4, 0.5) is 5.69 Å². The first-order chi connectivity index (χ1) is 13.1. The van der Waals surface area contributed by atoms with Crippen LogP contribution in [0.2, 0.25) is 0 Å². The molecule has 0 aromatic heterocycles. The lowest BCUT2D eigenvalue weighted by molar-refractivity contribution is -0.111. The fourth-order valence-electron chi connectivity index (χ4n) is 3.89. The number of rotatable bonds is 3. The number of amides is 2. The molecule has 2 aromatic carbocycles. The van der Waals surface area contributed by atoms with Gasteiger partial charge in [-0.1, -0.05) is 36.9 Å². The highest BCUT2D eigenvalue weighted by atomic mass is 16.5. The summed E-state index contributed by atoms with van der Waals surface area (Å²) in [5, 5.41) is 2.71. The molecule has 1 N–H and O–H groups in total. The van der Waals surface area contributed by atoms with Crippen LogP contribution in [0.25, 0.3) is 0 Å². The Morgan fingerprint density at radius 2 is 1.89 bits per heavy atom. The van der Waals surface area contributed by atoms with Crippen molar-refractivity contribution >= 4 is 17.5 Å². The van der Waals surface area contributed by atoms with E-state index in [1.54, 1.807) is 24.3 Å². The van der Waals surface area contributed by atoms with Gasteiger partial charge in [-0.25, -0.2) is 0 Å². The lowest BCUT2D eigenvalue weighted by atomic mass is 9.90. The maximum atomic E-state index is 13.1. The van der Waals surface area contributed by atoms with Crippen LogP contribution in [0.15, 0.2) is 61.2 Å². The lowest BCUT2D eigenvalue weighted by Gasteiger charge is -2.35. The number of likely N-dealkylation sites (tertiary alicyclic amines) is 1. The normalized spacial score (nSPS) is 20.7. The summed E-state index contributed by atoms with van der Waals surface area (Å²) < 4.78 is 6.33. The molecule has 0 saturated carbocycles. The van der Waals surface area contributed by atoms with Crippen molar-refractivity contribution in [3.8, 4) is 5.75 Å². The van der Waals surface area contributed by atoms with Crippen molar-refractivity contribution in [2.24, 2.45) is 0 Å². The number of benzene rings is 2. The van der Waals surface area contributed by atoms with Gasteiger partial charge in [-0.2, -0.15) is 0 Å². The number of hydrogen-bond donors (Lipinski definition) is 1. The van der Waals surface area contributed by atoms with Gasteiger partial charge in [-0.15, -0.1) is 0 Å². The molecule has 138 valence electrons. The van der Waals surface area contributed by atoms with E-state index in [1.807, 2.05) is 23.1 Å². The average Bonchev–Trinajstić information content (AvgIpc) is 3.11. The van der Waals surface area contributed by atoms with Crippen molar-refractivity contribution in [1.82, 2.24) is 4.90 Å². The molecule has 0 aliphatic carbocycles. The summed E-state index contributed by atoms with van der Waals surface area (Å²) in [6, 6.07) is 15.2. The minimum atomic E-state index is -0.333. The number of carbonyl (C=O) groups excluding carboxylic acids is 2. The first-order valence-corrected chi connectivity index (χ1v) is 9.19. The summed E-state index contributed by atoms with van der Waals surface area (Å²) in [6.07, 6.45) is 3.88. The quantitative estimate of drug-likeness (QED) is 0.851. The van der Waals surface area contributed by atoms with Gasteiger partial charge >= 0.3 is 0 Å². The summed E-state index contributed by atoms with van der Waals surface area (Å²) in [5.74, 6) is 0.506. The molecule has 1 unspecified atom stereocenters. The maximum absolute atomic E-state index is 13.1. The van der Waals surface area contributed by atoms with Gasteiger partial charge in [0.1, 0.15) is 11.4 Å². The van der Waals surface area contributed by atoms with E-state index >= 15 is 0 Å². The monoisotopic (exact) mass is 362 g/mol. The van der Waals surface area contributed by atoms with Gasteiger partial charge in [0.15, 0.2) is 0 Å². The largest absolute Gasteiger partial charge is 0.485 e. The van der Waals surface area contributed by atoms with Crippen molar-refractivity contribution in [3.63, 3.8) is 0 Å². The zero-order valence-electron chi connectivity index (χ0n) is 15.1. The van der Waals surface area contributed by atoms with Gasteiger partial charge in [0.2, 0.25) is 5.91 Å². The van der Waals surface area contributed by atoms with Gasteiger partial charge in [0.25, 0.3) is 5.91 Å². The number of nitrogens with one attached hydrogen (secondary N) is 1. The number of carbonyl (C=O) groups is 2. The molecule has 5 nitrogen and oxygen atoms in total. The summed E-state index contributed by atoms with van der Waals surface area (Å²) in [5.41, 5.74) is 1.90. The summed E-state index contributed by atoms with van der Waals surface area (Å²) in [4.78, 5) is 26.6. The Morgan fingerprint density at radius 3 is 2.74 bits per heavy atom. The van der Waals surface area contributed by atoms with Crippen molar-refractivity contribution in [2.75, 3.05) is 18.4 Å². The summed E-state index contributed by atoms with van der Waals surface area (Å²) in [7, 11) is 0. The van der Waals surface area contributed by atoms with Crippen LogP contribution in [0.1, 0.15) is 28.8 Å². The highest BCUT2D eigenvalue weighted by Gasteiger charge is 2.44. The zero-order chi connectivity index (χ0) is 18.9. The van der Waals surface area contributed by atoms with E-state index in [9.17, 15) is 9.59 Å². The Hall–Kier alpha value is -3.08. The van der Waals surface area contributed by atoms with Crippen LogP contribution in [0.5, 0.6) is 5.75 Å². The molecule has 0 bridgehead atoms. The first kappa shape index (κ1) is 17.3. The molecular formula is C22H22N2O3. The third kappa shape index (κ3) is 3.33. The fourth-order valence-corrected chi connectivity index (χ4v) is 3.89. The van der Waals surface area contributed by atoms with Gasteiger partial charge in [-0.05, 0) is 42.7 Å². The van der Waals surface area contributed by atoms with Crippen LogP contribution in [0.3, 0.4) is 0 Å². The smallest absolute Gasteiger partial charge is 0.256 e. The van der Waals surface area contributed by atoms with E-state index in [-0.39, 0.29) is 17.4 Å². The van der Waals surface area contributed by atoms with Crippen LogP contribution in [-0.2, 0) is 11.2 Å². The number of anilines is 1. The molecule has 4 rings (SSSR count). The first-order valence-electron chi connectivity index (χ1n) is 9.19. The molecule has 2 aliphatic rings. The number of nitrogens with zero attached hydrogens (tertiary/aromatic N) is 1. The van der Waals surface area contributed by atoms with E-state index in [1.165, 1.54) is 11.6 Å². The van der Waals surface area contributed by atoms with Crippen molar-refractivity contribution in [2.45, 2.75) is 24.9 Å². The molecule has 2 aromatic rings. The molecule has 2 aliphatic heterocycles. The Bertz CT molecular complexity index is 908. The Kier molecular flexibility index (Phi) is 4.44. The SMILES string of the molecule is C=CC(=O)Nc1ccccc1C(=O)N1CCC2(CCc3ccccc3O2)C1. The standard InChI is InChI=1S/C22H22N2O3/c1-2-20(25)23-18-9-5-4-8-17(18)21(26)24-14-13-22(15-24)12-11-16-7-3-6-10-19(16)27-22/h2-10H,1,11-15H2,(H,23,25). The predicted molar refractivity (Wildman–Crippen MR) is 104 cm³/mol. The number of para-hydroxylation sites is 2. The number of ether oxygens (including phenoxy) is 1. The Balaban J connectivity index is 1.52. The predicted octanol–water partition coefficient (Wildman–Crippen LogP) is 3.42. The minimum Gasteiger partial charge on any atom is -0.485 e. The average molecular weight is 362 g/mol. The van der Waals surface area contributed by atoms with E-state index in [0.717, 1.165) is 25.0 Å². The van der Waals surface area contributed by atoms with Crippen LogP contribution >= 0.6 is 0 Å². The van der Waals surface area contributed by atoms with Crippen LogP contribution in [-0.4, -0.2) is 35.4 Å². The number of hydrogen-bond acceptors (Lipinski definition) is 3. The Labute approximate surface area is 158 Å². The molecule has 1 atom stereocenters. The molecule has 0 radical (unpaired) electrons. The van der Waals surface area contributed by atoms with Gasteiger partial charge in [0.05, 0.1) is 17.8 Å². The summed E-state index contributed by atoms with van der Waals surface area (Å²) in [6.45, 7) is 4.66. The molecule has 5 heteroatoms. The van der Waals surface area contributed by atoms with Crippen molar-refractivity contribution in [1.29, 1.82) is 0 Å². The van der Waals surface area contributed by atoms with E-state index in [4.69, 9.17) is 4.74 Å². The molecule has 2 amide bonds. The van der Waals surface area contributed by atoms with Crippen molar-refractivity contribution in [3.05, 3.63) is 72.3 Å². The van der Waals surface area contributed by atoms with Crippen molar-refractivity contribution < 1.29 is 14.3 Å². The molecule has 2 heterocycles. The molecular weight excluding hydrogens is 340 g/mol. The summed E-state index contributed by atoms with van der Waals surface area (Å²) >= 11 is 0. The number of aryl methyl sites for hydroxylation is 1. The topological polar surface area (TPSA) is 58.6 Å². The highest BCUT2D eigenvalue weighted by Crippen LogP contribution is 2.39. The minimum absolute atomic E-state index is 0.0886. The molecule has 1 saturated heterocycles. The van der Waals surface area contributed by atoms with Crippen LogP contribution in [0, 0.1) is 0 Å². The van der Waals surface area contributed by atoms with E-state index in [0.29, 0.717) is 24.3 Å².